The molecule has 0 bridgehead atoms. The molecular formula is C20H24N2O3. The first-order valence-corrected chi connectivity index (χ1v) is 8.94. The molecule has 1 aromatic heterocycles. The minimum Gasteiger partial charge on any atom is -0.506 e. The van der Waals surface area contributed by atoms with Crippen LogP contribution in [0, 0.1) is 11.8 Å². The Balaban J connectivity index is 1.28. The molecule has 25 heavy (non-hydrogen) atoms. The van der Waals surface area contributed by atoms with E-state index in [0.29, 0.717) is 30.2 Å². The van der Waals surface area contributed by atoms with Gasteiger partial charge in [0.05, 0.1) is 18.0 Å². The van der Waals surface area contributed by atoms with Crippen LogP contribution in [-0.4, -0.2) is 45.8 Å². The molecule has 1 aliphatic carbocycles. The molecule has 0 amide bonds. The zero-order valence-electron chi connectivity index (χ0n) is 14.2. The molecule has 0 spiro atoms. The Morgan fingerprint density at radius 2 is 1.80 bits per heavy atom. The van der Waals surface area contributed by atoms with Gasteiger partial charge in [-0.1, -0.05) is 18.2 Å². The lowest BCUT2D eigenvalue weighted by Gasteiger charge is -2.22. The van der Waals surface area contributed by atoms with Crippen molar-refractivity contribution in [1.29, 1.82) is 0 Å². The Bertz CT molecular complexity index is 678. The number of likely N-dealkylation sites (tertiary alicyclic amines) is 1. The predicted octanol–water partition coefficient (Wildman–Crippen LogP) is 2.61. The highest BCUT2D eigenvalue weighted by atomic mass is 16.5. The van der Waals surface area contributed by atoms with Crippen LogP contribution < -0.4 is 4.74 Å². The summed E-state index contributed by atoms with van der Waals surface area (Å²) in [4.78, 5) is 6.43. The van der Waals surface area contributed by atoms with Gasteiger partial charge in [0, 0.05) is 19.6 Å². The van der Waals surface area contributed by atoms with E-state index in [2.05, 4.69) is 9.88 Å². The van der Waals surface area contributed by atoms with Crippen molar-refractivity contribution in [1.82, 2.24) is 9.88 Å². The molecule has 1 saturated carbocycles. The summed E-state index contributed by atoms with van der Waals surface area (Å²) < 4.78 is 6.11. The molecule has 2 heterocycles. The van der Waals surface area contributed by atoms with Gasteiger partial charge in [-0.15, -0.1) is 0 Å². The molecule has 3 atom stereocenters. The SMILES string of the molecule is Oc1ccc(C(O)CN2CC3CC(Oc4ccccc4)CC3C2)nc1. The van der Waals surface area contributed by atoms with Crippen LogP contribution in [0.5, 0.6) is 11.5 Å². The van der Waals surface area contributed by atoms with Crippen LogP contribution in [0.1, 0.15) is 24.6 Å². The number of ether oxygens (including phenoxy) is 1. The first-order chi connectivity index (χ1) is 12.2. The first kappa shape index (κ1) is 16.4. The van der Waals surface area contributed by atoms with Crippen LogP contribution in [0.3, 0.4) is 0 Å². The van der Waals surface area contributed by atoms with Crippen molar-refractivity contribution >= 4 is 0 Å². The van der Waals surface area contributed by atoms with Gasteiger partial charge in [0.1, 0.15) is 17.6 Å². The summed E-state index contributed by atoms with van der Waals surface area (Å²) in [5.41, 5.74) is 0.611. The summed E-state index contributed by atoms with van der Waals surface area (Å²) in [6.07, 6.45) is 3.25. The van der Waals surface area contributed by atoms with Crippen molar-refractivity contribution in [3.63, 3.8) is 0 Å². The van der Waals surface area contributed by atoms with Gasteiger partial charge in [-0.05, 0) is 48.9 Å². The average Bonchev–Trinajstić information content (AvgIpc) is 3.14. The van der Waals surface area contributed by atoms with Crippen LogP contribution in [-0.2, 0) is 0 Å². The molecule has 2 N–H and O–H groups in total. The summed E-state index contributed by atoms with van der Waals surface area (Å²) in [5, 5.41) is 19.7. The number of aliphatic hydroxyl groups excluding tert-OH is 1. The van der Waals surface area contributed by atoms with E-state index in [4.69, 9.17) is 4.74 Å². The molecule has 0 radical (unpaired) electrons. The average molecular weight is 340 g/mol. The Labute approximate surface area is 147 Å². The second-order valence-electron chi connectivity index (χ2n) is 7.22. The van der Waals surface area contributed by atoms with Crippen molar-refractivity contribution in [3.05, 3.63) is 54.4 Å². The van der Waals surface area contributed by atoms with Crippen molar-refractivity contribution < 1.29 is 14.9 Å². The van der Waals surface area contributed by atoms with E-state index in [1.54, 1.807) is 12.1 Å². The number of para-hydroxylation sites is 1. The van der Waals surface area contributed by atoms with E-state index < -0.39 is 6.10 Å². The normalized spacial score (nSPS) is 27.2. The van der Waals surface area contributed by atoms with E-state index in [1.807, 2.05) is 30.3 Å². The van der Waals surface area contributed by atoms with Gasteiger partial charge in [-0.3, -0.25) is 9.88 Å². The molecule has 4 rings (SSSR count). The molecule has 5 heteroatoms. The lowest BCUT2D eigenvalue weighted by molar-refractivity contribution is 0.113. The highest BCUT2D eigenvalue weighted by molar-refractivity contribution is 5.22. The van der Waals surface area contributed by atoms with Crippen molar-refractivity contribution in [2.45, 2.75) is 25.0 Å². The first-order valence-electron chi connectivity index (χ1n) is 8.94. The Hall–Kier alpha value is -2.11. The van der Waals surface area contributed by atoms with Gasteiger partial charge < -0.3 is 14.9 Å². The molecule has 1 aliphatic heterocycles. The van der Waals surface area contributed by atoms with Crippen LogP contribution in [0.4, 0.5) is 0 Å². The molecule has 2 fully saturated rings. The lowest BCUT2D eigenvalue weighted by Crippen LogP contribution is -2.29. The fraction of sp³-hybridized carbons (Fsp3) is 0.450. The maximum Gasteiger partial charge on any atom is 0.133 e. The summed E-state index contributed by atoms with van der Waals surface area (Å²) in [7, 11) is 0. The zero-order chi connectivity index (χ0) is 17.2. The van der Waals surface area contributed by atoms with Crippen LogP contribution in [0.15, 0.2) is 48.7 Å². The number of pyridine rings is 1. The third-order valence-electron chi connectivity index (χ3n) is 5.37. The van der Waals surface area contributed by atoms with Crippen LogP contribution >= 0.6 is 0 Å². The van der Waals surface area contributed by atoms with Crippen molar-refractivity contribution in [3.8, 4) is 11.5 Å². The number of aromatic hydroxyl groups is 1. The smallest absolute Gasteiger partial charge is 0.133 e. The summed E-state index contributed by atoms with van der Waals surface area (Å²) >= 11 is 0. The highest BCUT2D eigenvalue weighted by Crippen LogP contribution is 2.40. The van der Waals surface area contributed by atoms with E-state index in [9.17, 15) is 10.2 Å². The standard InChI is InChI=1S/C20H24N2O3/c23-16-6-7-19(21-10-16)20(24)13-22-11-14-8-18(9-15(14)12-22)25-17-4-2-1-3-5-17/h1-7,10,14-15,18,20,23-24H,8-9,11-13H2. The Morgan fingerprint density at radius 1 is 1.08 bits per heavy atom. The van der Waals surface area contributed by atoms with Crippen molar-refractivity contribution in [2.24, 2.45) is 11.8 Å². The number of hydrogen-bond acceptors (Lipinski definition) is 5. The van der Waals surface area contributed by atoms with Gasteiger partial charge in [-0.2, -0.15) is 0 Å². The second-order valence-corrected chi connectivity index (χ2v) is 7.22. The monoisotopic (exact) mass is 340 g/mol. The van der Waals surface area contributed by atoms with E-state index in [-0.39, 0.29) is 5.75 Å². The highest BCUT2D eigenvalue weighted by Gasteiger charge is 2.42. The number of β-amino-alcohol motifs (C(OH)–C–C–N with tert-alkyl or cyclic N) is 1. The largest absolute Gasteiger partial charge is 0.506 e. The maximum atomic E-state index is 10.4. The summed E-state index contributed by atoms with van der Waals surface area (Å²) in [6, 6.07) is 13.3. The number of nitrogens with zero attached hydrogens (tertiary/aromatic N) is 2. The van der Waals surface area contributed by atoms with Crippen LogP contribution in [0.25, 0.3) is 0 Å². The molecule has 5 nitrogen and oxygen atoms in total. The zero-order valence-corrected chi connectivity index (χ0v) is 14.2. The third-order valence-corrected chi connectivity index (χ3v) is 5.37. The lowest BCUT2D eigenvalue weighted by atomic mass is 10.0. The molecular weight excluding hydrogens is 316 g/mol. The second kappa shape index (κ2) is 7.02. The van der Waals surface area contributed by atoms with E-state index >= 15 is 0 Å². The number of benzene rings is 1. The van der Waals surface area contributed by atoms with Gasteiger partial charge in [0.15, 0.2) is 0 Å². The Kier molecular flexibility index (Phi) is 4.59. The number of rotatable bonds is 5. The molecule has 132 valence electrons. The summed E-state index contributed by atoms with van der Waals surface area (Å²) in [5.74, 6) is 2.37. The van der Waals surface area contributed by atoms with E-state index in [1.165, 1.54) is 6.20 Å². The molecule has 2 aromatic rings. The van der Waals surface area contributed by atoms with Gasteiger partial charge in [0.25, 0.3) is 0 Å². The van der Waals surface area contributed by atoms with Crippen LogP contribution in [0.2, 0.25) is 0 Å². The summed E-state index contributed by atoms with van der Waals surface area (Å²) in [6.45, 7) is 2.61. The number of fused-ring (bicyclic) bond motifs is 1. The minimum atomic E-state index is -0.615. The maximum absolute atomic E-state index is 10.4. The number of hydrogen-bond donors (Lipinski definition) is 2. The van der Waals surface area contributed by atoms with Gasteiger partial charge in [-0.25, -0.2) is 0 Å². The molecule has 2 aliphatic rings. The fourth-order valence-electron chi connectivity index (χ4n) is 4.21. The quantitative estimate of drug-likeness (QED) is 0.876. The van der Waals surface area contributed by atoms with E-state index in [0.717, 1.165) is 31.7 Å². The fourth-order valence-corrected chi connectivity index (χ4v) is 4.21. The minimum absolute atomic E-state index is 0.121. The predicted molar refractivity (Wildman–Crippen MR) is 94.4 cm³/mol. The van der Waals surface area contributed by atoms with Crippen molar-refractivity contribution in [2.75, 3.05) is 19.6 Å². The molecule has 3 unspecified atom stereocenters. The third kappa shape index (κ3) is 3.78. The Morgan fingerprint density at radius 3 is 2.44 bits per heavy atom. The number of aliphatic hydroxyl groups is 1. The number of aromatic nitrogens is 1. The molecule has 1 aromatic carbocycles. The van der Waals surface area contributed by atoms with Gasteiger partial charge >= 0.3 is 0 Å². The molecule has 1 saturated heterocycles. The van der Waals surface area contributed by atoms with Gasteiger partial charge in [0.2, 0.25) is 0 Å². The topological polar surface area (TPSA) is 65.8 Å².